The molecule has 0 aromatic heterocycles. The lowest BCUT2D eigenvalue weighted by Crippen LogP contribution is -2.15. The first kappa shape index (κ1) is 22.2. The van der Waals surface area contributed by atoms with Crippen LogP contribution in [0.3, 0.4) is 0 Å². The molecule has 166 valence electrons. The molecule has 0 aliphatic carbocycles. The van der Waals surface area contributed by atoms with Crippen molar-refractivity contribution in [3.05, 3.63) is 77.4 Å². The number of hydrazone groups is 1. The second-order valence-corrected chi connectivity index (χ2v) is 8.56. The number of anilines is 2. The van der Waals surface area contributed by atoms with Gasteiger partial charge >= 0.3 is 0 Å². The average molecular weight is 444 g/mol. The van der Waals surface area contributed by atoms with E-state index in [0.717, 1.165) is 16.7 Å². The van der Waals surface area contributed by atoms with E-state index in [-0.39, 0.29) is 7.75 Å². The number of benzene rings is 3. The number of nitrogens with one attached hydrogen (secondary N) is 2. The summed E-state index contributed by atoms with van der Waals surface area (Å²) in [5, 5.41) is 4.21. The molecular formula is C23H29N3O4S. The van der Waals surface area contributed by atoms with E-state index >= 15 is 0 Å². The monoisotopic (exact) mass is 443 g/mol. The standard InChI is InChI=1S/C23H25N3O4S.2H2/c1-16-9-11-20(25-24-15-18-10-12-21(29-3)22(14-18)30-4)23(13-16)31(27,28)26-19-8-6-5-7-17(19)2;;/h5-15,25-26H,1-4H3;2*1H/b24-15+;;. The summed E-state index contributed by atoms with van der Waals surface area (Å²) < 4.78 is 39.3. The summed E-state index contributed by atoms with van der Waals surface area (Å²) in [5.74, 6) is 1.19. The van der Waals surface area contributed by atoms with Crippen LogP contribution in [0.2, 0.25) is 0 Å². The third-order valence-corrected chi connectivity index (χ3v) is 6.03. The van der Waals surface area contributed by atoms with Gasteiger partial charge in [-0.1, -0.05) is 24.3 Å². The molecule has 0 fully saturated rings. The zero-order valence-corrected chi connectivity index (χ0v) is 18.7. The first-order valence-electron chi connectivity index (χ1n) is 9.54. The Balaban J connectivity index is 0.00000272. The Bertz CT molecular complexity index is 1220. The van der Waals surface area contributed by atoms with E-state index in [0.29, 0.717) is 22.9 Å². The quantitative estimate of drug-likeness (QED) is 0.375. The smallest absolute Gasteiger partial charge is 0.264 e. The lowest BCUT2D eigenvalue weighted by molar-refractivity contribution is 0.355. The fraction of sp³-hybridized carbons (Fsp3) is 0.174. The molecule has 0 unspecified atom stereocenters. The highest BCUT2D eigenvalue weighted by Gasteiger charge is 2.20. The molecule has 0 amide bonds. The Morgan fingerprint density at radius 3 is 2.35 bits per heavy atom. The largest absolute Gasteiger partial charge is 0.493 e. The van der Waals surface area contributed by atoms with Crippen molar-refractivity contribution in [3.63, 3.8) is 0 Å². The van der Waals surface area contributed by atoms with E-state index < -0.39 is 10.0 Å². The van der Waals surface area contributed by atoms with Crippen LogP contribution in [0.4, 0.5) is 11.4 Å². The van der Waals surface area contributed by atoms with E-state index in [1.165, 1.54) is 0 Å². The topological polar surface area (TPSA) is 89.0 Å². The van der Waals surface area contributed by atoms with Crippen molar-refractivity contribution in [1.82, 2.24) is 0 Å². The highest BCUT2D eigenvalue weighted by atomic mass is 32.2. The fourth-order valence-corrected chi connectivity index (χ4v) is 4.31. The van der Waals surface area contributed by atoms with Crippen molar-refractivity contribution in [2.75, 3.05) is 24.4 Å². The van der Waals surface area contributed by atoms with E-state index in [9.17, 15) is 8.42 Å². The molecule has 31 heavy (non-hydrogen) atoms. The van der Waals surface area contributed by atoms with E-state index in [1.54, 1.807) is 56.8 Å². The van der Waals surface area contributed by atoms with Gasteiger partial charge in [0.2, 0.25) is 0 Å². The highest BCUT2D eigenvalue weighted by Crippen LogP contribution is 2.28. The average Bonchev–Trinajstić information content (AvgIpc) is 2.76. The van der Waals surface area contributed by atoms with Crippen molar-refractivity contribution >= 4 is 27.6 Å². The number of hydrogen-bond donors (Lipinski definition) is 2. The number of rotatable bonds is 8. The number of aryl methyl sites for hydroxylation is 2. The first-order chi connectivity index (χ1) is 14.8. The van der Waals surface area contributed by atoms with Crippen molar-refractivity contribution in [1.29, 1.82) is 0 Å². The number of hydrogen-bond acceptors (Lipinski definition) is 6. The van der Waals surface area contributed by atoms with Crippen LogP contribution in [0.5, 0.6) is 11.5 Å². The Labute approximate surface area is 185 Å². The van der Waals surface area contributed by atoms with Crippen LogP contribution in [0.1, 0.15) is 19.5 Å². The predicted molar refractivity (Wildman–Crippen MR) is 128 cm³/mol. The molecule has 2 N–H and O–H groups in total. The van der Waals surface area contributed by atoms with Gasteiger partial charge in [0, 0.05) is 2.85 Å². The Morgan fingerprint density at radius 1 is 0.903 bits per heavy atom. The Hall–Kier alpha value is -3.52. The molecule has 0 atom stereocenters. The van der Waals surface area contributed by atoms with Crippen molar-refractivity contribution in [2.45, 2.75) is 18.7 Å². The molecule has 0 heterocycles. The second-order valence-electron chi connectivity index (χ2n) is 6.90. The maximum Gasteiger partial charge on any atom is 0.264 e. The highest BCUT2D eigenvalue weighted by molar-refractivity contribution is 7.92. The molecule has 7 nitrogen and oxygen atoms in total. The summed E-state index contributed by atoms with van der Waals surface area (Å²) in [6, 6.07) is 17.7. The van der Waals surface area contributed by atoms with E-state index in [2.05, 4.69) is 15.2 Å². The SMILES string of the molecule is COc1ccc(/C=N/Nc2ccc(C)cc2S(=O)(=O)Nc2ccccc2C)cc1OC.[HH].[HH]. The molecule has 0 aliphatic heterocycles. The van der Waals surface area contributed by atoms with Crippen LogP contribution >= 0.6 is 0 Å². The Morgan fingerprint density at radius 2 is 1.65 bits per heavy atom. The zero-order valence-electron chi connectivity index (χ0n) is 17.8. The first-order valence-corrected chi connectivity index (χ1v) is 11.0. The van der Waals surface area contributed by atoms with Crippen LogP contribution < -0.4 is 19.6 Å². The summed E-state index contributed by atoms with van der Waals surface area (Å²) in [7, 11) is -0.702. The molecule has 0 saturated carbocycles. The van der Waals surface area contributed by atoms with Gasteiger partial charge in [0.15, 0.2) is 11.5 Å². The van der Waals surface area contributed by atoms with Gasteiger partial charge < -0.3 is 9.47 Å². The minimum absolute atomic E-state index is 0. The van der Waals surface area contributed by atoms with Gasteiger partial charge in [-0.05, 0) is 66.9 Å². The van der Waals surface area contributed by atoms with E-state index in [4.69, 9.17) is 9.47 Å². The third kappa shape index (κ3) is 5.35. The molecule has 8 heteroatoms. The summed E-state index contributed by atoms with van der Waals surface area (Å²) in [6.45, 7) is 3.68. The van der Waals surface area contributed by atoms with Crippen LogP contribution in [0.25, 0.3) is 0 Å². The second kappa shape index (κ2) is 9.53. The lowest BCUT2D eigenvalue weighted by atomic mass is 10.2. The molecular weight excluding hydrogens is 414 g/mol. The predicted octanol–water partition coefficient (Wildman–Crippen LogP) is 5.06. The van der Waals surface area contributed by atoms with Gasteiger partial charge in [0.05, 0.1) is 31.8 Å². The maximum absolute atomic E-state index is 13.1. The van der Waals surface area contributed by atoms with Crippen LogP contribution in [-0.2, 0) is 10.0 Å². The number of sulfonamides is 1. The van der Waals surface area contributed by atoms with Crippen molar-refractivity contribution in [3.8, 4) is 11.5 Å². The fourth-order valence-electron chi connectivity index (χ4n) is 2.94. The van der Waals surface area contributed by atoms with Gasteiger partial charge in [0.25, 0.3) is 10.0 Å². The minimum atomic E-state index is -3.83. The molecule has 0 saturated heterocycles. The minimum Gasteiger partial charge on any atom is -0.493 e. The maximum atomic E-state index is 13.1. The Kier molecular flexibility index (Phi) is 6.81. The van der Waals surface area contributed by atoms with Crippen molar-refractivity contribution in [2.24, 2.45) is 5.10 Å². The normalized spacial score (nSPS) is 11.4. The van der Waals surface area contributed by atoms with Gasteiger partial charge in [0.1, 0.15) is 4.90 Å². The third-order valence-electron chi connectivity index (χ3n) is 4.62. The van der Waals surface area contributed by atoms with Crippen LogP contribution in [-0.4, -0.2) is 28.9 Å². The molecule has 0 aliphatic rings. The lowest BCUT2D eigenvalue weighted by Gasteiger charge is -2.14. The molecule has 0 bridgehead atoms. The summed E-state index contributed by atoms with van der Waals surface area (Å²) in [6.07, 6.45) is 1.58. The van der Waals surface area contributed by atoms with Crippen LogP contribution in [0.15, 0.2) is 70.7 Å². The molecule has 0 spiro atoms. The number of nitrogens with zero attached hydrogens (tertiary/aromatic N) is 1. The number of ether oxygens (including phenoxy) is 2. The van der Waals surface area contributed by atoms with Gasteiger partial charge in [-0.2, -0.15) is 5.10 Å². The molecule has 3 aromatic rings. The molecule has 0 radical (unpaired) electrons. The van der Waals surface area contributed by atoms with Gasteiger partial charge in [-0.25, -0.2) is 8.42 Å². The van der Waals surface area contributed by atoms with Gasteiger partial charge in [-0.15, -0.1) is 0 Å². The van der Waals surface area contributed by atoms with Crippen LogP contribution in [0, 0.1) is 13.8 Å². The van der Waals surface area contributed by atoms with Crippen molar-refractivity contribution < 1.29 is 20.7 Å². The van der Waals surface area contributed by atoms with E-state index in [1.807, 2.05) is 38.1 Å². The zero-order chi connectivity index (χ0) is 22.4. The molecule has 3 aromatic carbocycles. The number of methoxy groups -OCH3 is 2. The summed E-state index contributed by atoms with van der Waals surface area (Å²) >= 11 is 0. The molecule has 3 rings (SSSR count). The summed E-state index contributed by atoms with van der Waals surface area (Å²) in [4.78, 5) is 0.111. The summed E-state index contributed by atoms with van der Waals surface area (Å²) in [5.41, 5.74) is 6.15. The van der Waals surface area contributed by atoms with Gasteiger partial charge in [-0.3, -0.25) is 10.1 Å². The number of para-hydroxylation sites is 1.